The maximum Gasteiger partial charge on any atom is 0.166 e. The number of hydrogen-bond donors (Lipinski definition) is 2. The van der Waals surface area contributed by atoms with Crippen molar-refractivity contribution >= 4 is 17.3 Å². The molecule has 1 aromatic heterocycles. The minimum Gasteiger partial charge on any atom is -0.384 e. The molecule has 5 nitrogen and oxygen atoms in total. The van der Waals surface area contributed by atoms with Gasteiger partial charge in [-0.3, -0.25) is 5.41 Å². The zero-order valence-electron chi connectivity index (χ0n) is 10.5. The van der Waals surface area contributed by atoms with Crippen LogP contribution in [-0.2, 0) is 0 Å². The second-order valence-electron chi connectivity index (χ2n) is 3.88. The fourth-order valence-corrected chi connectivity index (χ4v) is 1.84. The number of nitrogens with two attached hydrogens (primary N) is 1. The molecule has 0 aliphatic heterocycles. The standard InChI is InChI=1S/C13H14FN5/c1-2-19(11-6-4-3-5-10(11)14)13-9(12(15)16)7-8-17-18-13/h3-8H,2H2,1H3,(H3,15,16). The van der Waals surface area contributed by atoms with Crippen LogP contribution in [0.2, 0.25) is 0 Å². The fourth-order valence-electron chi connectivity index (χ4n) is 1.84. The molecule has 0 unspecified atom stereocenters. The number of anilines is 2. The van der Waals surface area contributed by atoms with E-state index in [0.717, 1.165) is 0 Å². The van der Waals surface area contributed by atoms with Crippen LogP contribution in [0.1, 0.15) is 12.5 Å². The van der Waals surface area contributed by atoms with Gasteiger partial charge in [-0.25, -0.2) is 4.39 Å². The summed E-state index contributed by atoms with van der Waals surface area (Å²) in [6.07, 6.45) is 1.45. The third-order valence-electron chi connectivity index (χ3n) is 2.71. The molecule has 2 rings (SSSR count). The maximum atomic E-state index is 13.9. The van der Waals surface area contributed by atoms with Crippen LogP contribution in [0.25, 0.3) is 0 Å². The van der Waals surface area contributed by atoms with Crippen LogP contribution in [0, 0.1) is 11.2 Å². The molecule has 98 valence electrons. The Hall–Kier alpha value is -2.50. The molecule has 2 aromatic rings. The Morgan fingerprint density at radius 2 is 2.11 bits per heavy atom. The number of benzene rings is 1. The first-order valence-electron chi connectivity index (χ1n) is 5.83. The Balaban J connectivity index is 2.55. The Bertz CT molecular complexity index is 599. The highest BCUT2D eigenvalue weighted by atomic mass is 19.1. The van der Waals surface area contributed by atoms with Gasteiger partial charge in [0.1, 0.15) is 11.7 Å². The van der Waals surface area contributed by atoms with Gasteiger partial charge >= 0.3 is 0 Å². The van der Waals surface area contributed by atoms with Gasteiger partial charge in [-0.2, -0.15) is 5.10 Å². The maximum absolute atomic E-state index is 13.9. The summed E-state index contributed by atoms with van der Waals surface area (Å²) >= 11 is 0. The Kier molecular flexibility index (Phi) is 3.70. The molecule has 0 spiro atoms. The lowest BCUT2D eigenvalue weighted by molar-refractivity contribution is 0.625. The largest absolute Gasteiger partial charge is 0.384 e. The summed E-state index contributed by atoms with van der Waals surface area (Å²) in [7, 11) is 0. The van der Waals surface area contributed by atoms with Gasteiger partial charge in [0.25, 0.3) is 0 Å². The van der Waals surface area contributed by atoms with Gasteiger partial charge in [0.05, 0.1) is 17.4 Å². The number of aromatic nitrogens is 2. The summed E-state index contributed by atoms with van der Waals surface area (Å²) in [6.45, 7) is 2.35. The number of hydrogen-bond acceptors (Lipinski definition) is 4. The van der Waals surface area contributed by atoms with Crippen molar-refractivity contribution in [1.29, 1.82) is 5.41 Å². The molecule has 0 fully saturated rings. The lowest BCUT2D eigenvalue weighted by atomic mass is 10.2. The monoisotopic (exact) mass is 259 g/mol. The molecule has 6 heteroatoms. The predicted molar refractivity (Wildman–Crippen MR) is 72.1 cm³/mol. The number of halogens is 1. The number of para-hydroxylation sites is 1. The first-order valence-corrected chi connectivity index (χ1v) is 5.83. The topological polar surface area (TPSA) is 78.9 Å². The number of rotatable bonds is 4. The van der Waals surface area contributed by atoms with E-state index < -0.39 is 0 Å². The summed E-state index contributed by atoms with van der Waals surface area (Å²) in [5.41, 5.74) is 6.33. The molecule has 0 aliphatic rings. The zero-order chi connectivity index (χ0) is 13.8. The molecule has 0 saturated carbocycles. The third kappa shape index (κ3) is 2.52. The SMILES string of the molecule is CCN(c1ccccc1F)c1nnccc1C(=N)N. The highest BCUT2D eigenvalue weighted by Crippen LogP contribution is 2.27. The molecular formula is C13H14FN5. The van der Waals surface area contributed by atoms with Crippen LogP contribution in [0.5, 0.6) is 0 Å². The van der Waals surface area contributed by atoms with E-state index in [0.29, 0.717) is 23.6 Å². The van der Waals surface area contributed by atoms with Gasteiger partial charge in [-0.1, -0.05) is 12.1 Å². The highest BCUT2D eigenvalue weighted by molar-refractivity contribution is 6.00. The second kappa shape index (κ2) is 5.43. The van der Waals surface area contributed by atoms with Crippen LogP contribution in [-0.4, -0.2) is 22.6 Å². The summed E-state index contributed by atoms with van der Waals surface area (Å²) in [5, 5.41) is 15.3. The Labute approximate surface area is 110 Å². The van der Waals surface area contributed by atoms with E-state index in [4.69, 9.17) is 11.1 Å². The quantitative estimate of drug-likeness (QED) is 0.650. The highest BCUT2D eigenvalue weighted by Gasteiger charge is 2.17. The second-order valence-corrected chi connectivity index (χ2v) is 3.88. The zero-order valence-corrected chi connectivity index (χ0v) is 10.5. The lowest BCUT2D eigenvalue weighted by Crippen LogP contribution is -2.24. The molecule has 19 heavy (non-hydrogen) atoms. The number of nitrogen functional groups attached to an aromatic ring is 1. The molecule has 1 heterocycles. The van der Waals surface area contributed by atoms with E-state index in [9.17, 15) is 4.39 Å². The molecule has 0 aliphatic carbocycles. The van der Waals surface area contributed by atoms with Crippen molar-refractivity contribution in [3.63, 3.8) is 0 Å². The van der Waals surface area contributed by atoms with Crippen molar-refractivity contribution in [2.45, 2.75) is 6.92 Å². The molecule has 0 bridgehead atoms. The Morgan fingerprint density at radius 3 is 2.74 bits per heavy atom. The van der Waals surface area contributed by atoms with E-state index in [2.05, 4.69) is 10.2 Å². The number of nitrogens with zero attached hydrogens (tertiary/aromatic N) is 3. The molecular weight excluding hydrogens is 245 g/mol. The predicted octanol–water partition coefficient (Wildman–Crippen LogP) is 2.06. The third-order valence-corrected chi connectivity index (χ3v) is 2.71. The summed E-state index contributed by atoms with van der Waals surface area (Å²) in [5.74, 6) is -0.105. The van der Waals surface area contributed by atoms with Gasteiger partial charge in [-0.05, 0) is 25.1 Å². The molecule has 0 amide bonds. The number of nitrogens with one attached hydrogen (secondary N) is 1. The molecule has 3 N–H and O–H groups in total. The molecule has 1 aromatic carbocycles. The summed E-state index contributed by atoms with van der Waals surface area (Å²) in [6, 6.07) is 7.98. The van der Waals surface area contributed by atoms with E-state index in [-0.39, 0.29) is 11.7 Å². The van der Waals surface area contributed by atoms with E-state index in [1.54, 1.807) is 29.2 Å². The van der Waals surface area contributed by atoms with Gasteiger partial charge in [0, 0.05) is 6.54 Å². The van der Waals surface area contributed by atoms with Crippen LogP contribution in [0.4, 0.5) is 15.9 Å². The van der Waals surface area contributed by atoms with E-state index >= 15 is 0 Å². The van der Waals surface area contributed by atoms with Gasteiger partial charge in [0.2, 0.25) is 0 Å². The van der Waals surface area contributed by atoms with Gasteiger partial charge in [0.15, 0.2) is 5.82 Å². The van der Waals surface area contributed by atoms with E-state index in [1.807, 2.05) is 6.92 Å². The van der Waals surface area contributed by atoms with Crippen molar-refractivity contribution in [3.8, 4) is 0 Å². The first kappa shape index (κ1) is 12.9. The lowest BCUT2D eigenvalue weighted by Gasteiger charge is -2.23. The van der Waals surface area contributed by atoms with Crippen LogP contribution in [0.3, 0.4) is 0 Å². The average molecular weight is 259 g/mol. The number of amidine groups is 1. The van der Waals surface area contributed by atoms with Crippen LogP contribution < -0.4 is 10.6 Å². The van der Waals surface area contributed by atoms with Crippen molar-refractivity contribution < 1.29 is 4.39 Å². The van der Waals surface area contributed by atoms with Gasteiger partial charge < -0.3 is 10.6 Å². The summed E-state index contributed by atoms with van der Waals surface area (Å²) in [4.78, 5) is 1.64. The smallest absolute Gasteiger partial charge is 0.166 e. The molecule has 0 radical (unpaired) electrons. The van der Waals surface area contributed by atoms with Crippen molar-refractivity contribution in [2.75, 3.05) is 11.4 Å². The average Bonchev–Trinajstić information content (AvgIpc) is 2.42. The van der Waals surface area contributed by atoms with Crippen molar-refractivity contribution in [1.82, 2.24) is 10.2 Å². The fraction of sp³-hybridized carbons (Fsp3) is 0.154. The minimum absolute atomic E-state index is 0.125. The first-order chi connectivity index (χ1) is 9.15. The Morgan fingerprint density at radius 1 is 1.37 bits per heavy atom. The van der Waals surface area contributed by atoms with Gasteiger partial charge in [-0.15, -0.1) is 5.10 Å². The molecule has 0 atom stereocenters. The van der Waals surface area contributed by atoms with E-state index in [1.165, 1.54) is 12.3 Å². The van der Waals surface area contributed by atoms with Crippen molar-refractivity contribution in [3.05, 3.63) is 47.9 Å². The van der Waals surface area contributed by atoms with Crippen LogP contribution in [0.15, 0.2) is 36.5 Å². The summed E-state index contributed by atoms with van der Waals surface area (Å²) < 4.78 is 13.9. The minimum atomic E-state index is -0.357. The van der Waals surface area contributed by atoms with Crippen LogP contribution >= 0.6 is 0 Å². The normalized spacial score (nSPS) is 10.2. The molecule has 0 saturated heterocycles. The van der Waals surface area contributed by atoms with Crippen molar-refractivity contribution in [2.24, 2.45) is 5.73 Å².